The number of hydrogen-bond donors (Lipinski definition) is 2. The fourth-order valence-corrected chi connectivity index (χ4v) is 3.65. The standard InChI is InChI=1S/C17H15N5O2S/c23-14(24)3-1-2-13-22-15-16(19-9-20-17(15)25-13)21-12-5-4-10-7-18-8-11(10)6-12/h4-6,8-9H,1-3,7H2,(H,23,24)(H,19,20,21). The number of carboxylic acid groups (broad SMARTS) is 1. The van der Waals surface area contributed by atoms with Gasteiger partial charge in [0.2, 0.25) is 0 Å². The molecular weight excluding hydrogens is 338 g/mol. The maximum Gasteiger partial charge on any atom is 0.303 e. The maximum absolute atomic E-state index is 10.6. The van der Waals surface area contributed by atoms with Gasteiger partial charge in [0.05, 0.1) is 11.6 Å². The molecule has 2 aromatic heterocycles. The van der Waals surface area contributed by atoms with Crippen LogP contribution in [0.3, 0.4) is 0 Å². The molecule has 7 nitrogen and oxygen atoms in total. The van der Waals surface area contributed by atoms with Crippen molar-refractivity contribution < 1.29 is 9.90 Å². The number of benzene rings is 1. The van der Waals surface area contributed by atoms with Crippen molar-refractivity contribution in [2.24, 2.45) is 4.99 Å². The molecule has 2 N–H and O–H groups in total. The molecule has 0 amide bonds. The summed E-state index contributed by atoms with van der Waals surface area (Å²) in [5.41, 5.74) is 3.97. The predicted molar refractivity (Wildman–Crippen MR) is 96.8 cm³/mol. The lowest BCUT2D eigenvalue weighted by atomic mass is 10.1. The zero-order valence-corrected chi connectivity index (χ0v) is 14.1. The fraction of sp³-hybridized carbons (Fsp3) is 0.235. The van der Waals surface area contributed by atoms with Gasteiger partial charge in [-0.25, -0.2) is 15.0 Å². The van der Waals surface area contributed by atoms with Gasteiger partial charge < -0.3 is 10.4 Å². The quantitative estimate of drug-likeness (QED) is 0.706. The van der Waals surface area contributed by atoms with E-state index >= 15 is 0 Å². The number of aryl methyl sites for hydroxylation is 1. The topological polar surface area (TPSA) is 100 Å². The Morgan fingerprint density at radius 1 is 1.32 bits per heavy atom. The van der Waals surface area contributed by atoms with E-state index < -0.39 is 5.97 Å². The summed E-state index contributed by atoms with van der Waals surface area (Å²) in [6.07, 6.45) is 4.72. The van der Waals surface area contributed by atoms with Crippen LogP contribution in [0.25, 0.3) is 10.3 Å². The van der Waals surface area contributed by atoms with E-state index in [1.54, 1.807) is 0 Å². The number of aliphatic carboxylic acids is 1. The Hall–Kier alpha value is -2.87. The second-order valence-electron chi connectivity index (χ2n) is 5.74. The molecule has 3 aromatic rings. The molecular formula is C17H15N5O2S. The largest absolute Gasteiger partial charge is 0.481 e. The van der Waals surface area contributed by atoms with Gasteiger partial charge in [0, 0.05) is 18.3 Å². The molecule has 0 fully saturated rings. The molecule has 0 saturated carbocycles. The number of anilines is 2. The molecule has 0 spiro atoms. The number of thiazole rings is 1. The monoisotopic (exact) mass is 353 g/mol. The van der Waals surface area contributed by atoms with E-state index in [1.807, 2.05) is 18.3 Å². The summed E-state index contributed by atoms with van der Waals surface area (Å²) in [6.45, 7) is 0.735. The van der Waals surface area contributed by atoms with E-state index in [4.69, 9.17) is 5.11 Å². The number of carbonyl (C=O) groups is 1. The minimum Gasteiger partial charge on any atom is -0.481 e. The third-order valence-corrected chi connectivity index (χ3v) is 4.94. The molecule has 0 radical (unpaired) electrons. The van der Waals surface area contributed by atoms with Crippen LogP contribution in [-0.4, -0.2) is 32.2 Å². The van der Waals surface area contributed by atoms with E-state index in [0.29, 0.717) is 24.2 Å². The van der Waals surface area contributed by atoms with Crippen LogP contribution < -0.4 is 5.32 Å². The average Bonchev–Trinajstić information content (AvgIpc) is 3.20. The van der Waals surface area contributed by atoms with Gasteiger partial charge in [0.1, 0.15) is 16.7 Å². The lowest BCUT2D eigenvalue weighted by molar-refractivity contribution is -0.137. The second-order valence-corrected chi connectivity index (χ2v) is 6.80. The molecule has 0 saturated heterocycles. The second kappa shape index (κ2) is 6.56. The number of rotatable bonds is 6. The van der Waals surface area contributed by atoms with Crippen molar-refractivity contribution in [3.05, 3.63) is 40.7 Å². The van der Waals surface area contributed by atoms with Crippen LogP contribution in [0.5, 0.6) is 0 Å². The van der Waals surface area contributed by atoms with Gasteiger partial charge in [-0.3, -0.25) is 9.79 Å². The van der Waals surface area contributed by atoms with E-state index in [-0.39, 0.29) is 6.42 Å². The summed E-state index contributed by atoms with van der Waals surface area (Å²) in [5.74, 6) is -0.135. The number of nitrogens with zero attached hydrogens (tertiary/aromatic N) is 4. The van der Waals surface area contributed by atoms with Gasteiger partial charge >= 0.3 is 5.97 Å². The minimum atomic E-state index is -0.789. The lowest BCUT2D eigenvalue weighted by Gasteiger charge is -2.07. The van der Waals surface area contributed by atoms with E-state index in [1.165, 1.54) is 23.2 Å². The first-order chi connectivity index (χ1) is 12.2. The third kappa shape index (κ3) is 3.34. The van der Waals surface area contributed by atoms with Crippen molar-refractivity contribution >= 4 is 45.4 Å². The molecule has 1 aliphatic rings. The van der Waals surface area contributed by atoms with Crippen molar-refractivity contribution in [1.29, 1.82) is 0 Å². The third-order valence-electron chi connectivity index (χ3n) is 3.92. The Balaban J connectivity index is 1.58. The highest BCUT2D eigenvalue weighted by Gasteiger charge is 2.13. The van der Waals surface area contributed by atoms with E-state index in [2.05, 4.69) is 31.3 Å². The zero-order chi connectivity index (χ0) is 17.2. The van der Waals surface area contributed by atoms with Gasteiger partial charge in [0.15, 0.2) is 5.82 Å². The Morgan fingerprint density at radius 3 is 3.12 bits per heavy atom. The van der Waals surface area contributed by atoms with Gasteiger partial charge in [-0.1, -0.05) is 17.4 Å². The maximum atomic E-state index is 10.6. The normalized spacial score (nSPS) is 12.5. The number of fused-ring (bicyclic) bond motifs is 2. The Labute approximate surface area is 147 Å². The SMILES string of the molecule is O=C(O)CCCc1nc2c(Nc3ccc4c(c3)C=NC4)ncnc2s1. The van der Waals surface area contributed by atoms with E-state index in [0.717, 1.165) is 27.6 Å². The highest BCUT2D eigenvalue weighted by Crippen LogP contribution is 2.28. The van der Waals surface area contributed by atoms with Gasteiger partial charge in [-0.05, 0) is 36.1 Å². The molecule has 4 rings (SSSR count). The number of hydrogen-bond acceptors (Lipinski definition) is 7. The molecule has 3 heterocycles. The average molecular weight is 353 g/mol. The molecule has 126 valence electrons. The van der Waals surface area contributed by atoms with Gasteiger partial charge in [-0.15, -0.1) is 0 Å². The summed E-state index contributed by atoms with van der Waals surface area (Å²) in [4.78, 5) is 28.9. The van der Waals surface area contributed by atoms with Gasteiger partial charge in [-0.2, -0.15) is 0 Å². The summed E-state index contributed by atoms with van der Waals surface area (Å²) in [5, 5.41) is 12.9. The first-order valence-electron chi connectivity index (χ1n) is 7.91. The summed E-state index contributed by atoms with van der Waals surface area (Å²) >= 11 is 1.48. The fourth-order valence-electron chi connectivity index (χ4n) is 2.70. The lowest BCUT2D eigenvalue weighted by Crippen LogP contribution is -1.97. The Kier molecular flexibility index (Phi) is 4.10. The van der Waals surface area contributed by atoms with E-state index in [9.17, 15) is 4.79 Å². The Morgan fingerprint density at radius 2 is 2.24 bits per heavy atom. The van der Waals surface area contributed by atoms with Gasteiger partial charge in [0.25, 0.3) is 0 Å². The van der Waals surface area contributed by atoms with Crippen LogP contribution in [0.4, 0.5) is 11.5 Å². The van der Waals surface area contributed by atoms with Crippen LogP contribution in [0.1, 0.15) is 29.0 Å². The first-order valence-corrected chi connectivity index (χ1v) is 8.73. The van der Waals surface area contributed by atoms with Crippen molar-refractivity contribution in [3.8, 4) is 0 Å². The minimum absolute atomic E-state index is 0.142. The van der Waals surface area contributed by atoms with Crippen molar-refractivity contribution in [3.63, 3.8) is 0 Å². The highest BCUT2D eigenvalue weighted by atomic mass is 32.1. The van der Waals surface area contributed by atoms with Crippen LogP contribution in [0.15, 0.2) is 29.5 Å². The van der Waals surface area contributed by atoms with Crippen LogP contribution in [0, 0.1) is 0 Å². The molecule has 1 aliphatic heterocycles. The number of aromatic nitrogens is 3. The summed E-state index contributed by atoms with van der Waals surface area (Å²) in [7, 11) is 0. The summed E-state index contributed by atoms with van der Waals surface area (Å²) in [6, 6.07) is 6.10. The Bertz CT molecular complexity index is 982. The molecule has 0 bridgehead atoms. The van der Waals surface area contributed by atoms with Crippen molar-refractivity contribution in [2.75, 3.05) is 5.32 Å². The number of carboxylic acids is 1. The van der Waals surface area contributed by atoms with Crippen LogP contribution in [-0.2, 0) is 17.8 Å². The number of nitrogens with one attached hydrogen (secondary N) is 1. The molecule has 25 heavy (non-hydrogen) atoms. The van der Waals surface area contributed by atoms with Crippen LogP contribution in [0.2, 0.25) is 0 Å². The molecule has 0 unspecified atom stereocenters. The van der Waals surface area contributed by atoms with Crippen molar-refractivity contribution in [1.82, 2.24) is 15.0 Å². The molecule has 8 heteroatoms. The zero-order valence-electron chi connectivity index (χ0n) is 13.3. The molecule has 0 atom stereocenters. The smallest absolute Gasteiger partial charge is 0.303 e. The summed E-state index contributed by atoms with van der Waals surface area (Å²) < 4.78 is 0. The number of aliphatic imine (C=N–C) groups is 1. The van der Waals surface area contributed by atoms with Crippen molar-refractivity contribution in [2.45, 2.75) is 25.8 Å². The first kappa shape index (κ1) is 15.6. The molecule has 0 aliphatic carbocycles. The molecule has 1 aromatic carbocycles. The predicted octanol–water partition coefficient (Wildman–Crippen LogP) is 3.17. The highest BCUT2D eigenvalue weighted by molar-refractivity contribution is 7.18. The van der Waals surface area contributed by atoms with Crippen LogP contribution >= 0.6 is 11.3 Å².